The minimum Gasteiger partial charge on any atom is -0.462 e. The molecule has 96 valence electrons. The Kier molecular flexibility index (Phi) is 4.30. The maximum atomic E-state index is 11.6. The third-order valence-corrected chi connectivity index (χ3v) is 2.04. The van der Waals surface area contributed by atoms with Crippen LogP contribution in [0.1, 0.15) is 23.7 Å². The average Bonchev–Trinajstić information content (AvgIpc) is 2.34. The van der Waals surface area contributed by atoms with Gasteiger partial charge >= 0.3 is 5.97 Å². The molecule has 0 heterocycles. The van der Waals surface area contributed by atoms with Crippen molar-refractivity contribution in [3.63, 3.8) is 0 Å². The van der Waals surface area contributed by atoms with Crippen molar-refractivity contribution in [2.24, 2.45) is 0 Å². The third kappa shape index (κ3) is 3.00. The lowest BCUT2D eigenvalue weighted by Crippen LogP contribution is -2.09. The number of non-ortho nitro benzene ring substituents is 1. The van der Waals surface area contributed by atoms with Crippen LogP contribution in [0.2, 0.25) is 0 Å². The van der Waals surface area contributed by atoms with Gasteiger partial charge in [-0.05, 0) is 6.42 Å². The molecule has 0 atom stereocenters. The van der Waals surface area contributed by atoms with Gasteiger partial charge in [-0.1, -0.05) is 6.92 Å². The van der Waals surface area contributed by atoms with Crippen LogP contribution in [-0.4, -0.2) is 22.4 Å². The zero-order valence-electron chi connectivity index (χ0n) is 9.49. The SMILES string of the molecule is CCCOC(=O)c1cc([N+](=O)[O-])ccc1[N+](=O)[O-]. The number of carbonyl (C=O) groups excluding carboxylic acids is 1. The molecule has 0 fully saturated rings. The summed E-state index contributed by atoms with van der Waals surface area (Å²) in [6, 6.07) is 2.73. The second-order valence-electron chi connectivity index (χ2n) is 3.35. The van der Waals surface area contributed by atoms with Crippen molar-refractivity contribution in [2.45, 2.75) is 13.3 Å². The Labute approximate surface area is 101 Å². The molecule has 0 aromatic heterocycles. The van der Waals surface area contributed by atoms with E-state index < -0.39 is 32.8 Å². The molecule has 0 saturated heterocycles. The Morgan fingerprint density at radius 1 is 1.28 bits per heavy atom. The molecule has 0 aliphatic carbocycles. The first-order chi connectivity index (χ1) is 8.47. The molecule has 0 spiro atoms. The molecule has 1 aromatic carbocycles. The molecule has 0 aliphatic rings. The summed E-state index contributed by atoms with van der Waals surface area (Å²) >= 11 is 0. The lowest BCUT2D eigenvalue weighted by atomic mass is 10.1. The van der Waals surface area contributed by atoms with Crippen LogP contribution < -0.4 is 0 Å². The van der Waals surface area contributed by atoms with Crippen molar-refractivity contribution in [1.29, 1.82) is 0 Å². The number of carbonyl (C=O) groups is 1. The van der Waals surface area contributed by atoms with E-state index in [9.17, 15) is 25.0 Å². The summed E-state index contributed by atoms with van der Waals surface area (Å²) in [5.41, 5.74) is -1.33. The Hall–Kier alpha value is -2.51. The van der Waals surface area contributed by atoms with Gasteiger partial charge in [0.15, 0.2) is 0 Å². The maximum absolute atomic E-state index is 11.6. The fourth-order valence-corrected chi connectivity index (χ4v) is 1.23. The summed E-state index contributed by atoms with van der Waals surface area (Å²) < 4.78 is 4.74. The van der Waals surface area contributed by atoms with Gasteiger partial charge in [0, 0.05) is 18.2 Å². The Bertz CT molecular complexity index is 499. The lowest BCUT2D eigenvalue weighted by Gasteiger charge is -2.03. The standard InChI is InChI=1S/C10H10N2O6/c1-2-5-18-10(13)8-6-7(11(14)15)3-4-9(8)12(16)17/h3-4,6H,2,5H2,1H3. The van der Waals surface area contributed by atoms with E-state index in [0.717, 1.165) is 18.2 Å². The van der Waals surface area contributed by atoms with Crippen LogP contribution >= 0.6 is 0 Å². The van der Waals surface area contributed by atoms with Gasteiger partial charge in [-0.25, -0.2) is 4.79 Å². The molecule has 0 amide bonds. The molecule has 0 radical (unpaired) electrons. The number of benzene rings is 1. The normalized spacial score (nSPS) is 9.83. The topological polar surface area (TPSA) is 113 Å². The number of hydrogen-bond acceptors (Lipinski definition) is 6. The minimum atomic E-state index is -0.938. The van der Waals surface area contributed by atoms with Gasteiger partial charge in [0.2, 0.25) is 0 Å². The molecule has 0 saturated carbocycles. The van der Waals surface area contributed by atoms with Crippen molar-refractivity contribution in [2.75, 3.05) is 6.61 Å². The predicted octanol–water partition coefficient (Wildman–Crippen LogP) is 2.07. The molecule has 18 heavy (non-hydrogen) atoms. The summed E-state index contributed by atoms with van der Waals surface area (Å²) in [6.07, 6.45) is 0.550. The second kappa shape index (κ2) is 5.71. The molecule has 1 rings (SSSR count). The van der Waals surface area contributed by atoms with E-state index in [0.29, 0.717) is 6.42 Å². The van der Waals surface area contributed by atoms with Gasteiger partial charge in [-0.3, -0.25) is 20.2 Å². The van der Waals surface area contributed by atoms with Gasteiger partial charge in [0.25, 0.3) is 11.4 Å². The van der Waals surface area contributed by atoms with Crippen LogP contribution in [-0.2, 0) is 4.74 Å². The fraction of sp³-hybridized carbons (Fsp3) is 0.300. The Morgan fingerprint density at radius 2 is 1.94 bits per heavy atom. The van der Waals surface area contributed by atoms with Crippen LogP contribution in [0.5, 0.6) is 0 Å². The van der Waals surface area contributed by atoms with E-state index >= 15 is 0 Å². The molecular formula is C10H10N2O6. The molecule has 1 aromatic rings. The summed E-state index contributed by atoms with van der Waals surface area (Å²) in [6.45, 7) is 1.85. The molecule has 0 bridgehead atoms. The van der Waals surface area contributed by atoms with Crippen molar-refractivity contribution in [3.8, 4) is 0 Å². The highest BCUT2D eigenvalue weighted by Gasteiger charge is 2.24. The van der Waals surface area contributed by atoms with Crippen molar-refractivity contribution in [3.05, 3.63) is 44.0 Å². The van der Waals surface area contributed by atoms with Crippen LogP contribution in [0.4, 0.5) is 11.4 Å². The van der Waals surface area contributed by atoms with Gasteiger partial charge in [0.1, 0.15) is 5.56 Å². The van der Waals surface area contributed by atoms with Crippen LogP contribution in [0.3, 0.4) is 0 Å². The molecule has 8 heteroatoms. The minimum absolute atomic E-state index is 0.0959. The van der Waals surface area contributed by atoms with E-state index in [2.05, 4.69) is 0 Å². The van der Waals surface area contributed by atoms with Crippen molar-refractivity contribution >= 4 is 17.3 Å². The van der Waals surface area contributed by atoms with Gasteiger partial charge < -0.3 is 4.74 Å². The van der Waals surface area contributed by atoms with Gasteiger partial charge in [0.05, 0.1) is 16.5 Å². The number of nitrogens with zero attached hydrogens (tertiary/aromatic N) is 2. The zero-order valence-corrected chi connectivity index (χ0v) is 9.49. The first-order valence-electron chi connectivity index (χ1n) is 5.07. The first kappa shape index (κ1) is 13.6. The maximum Gasteiger partial charge on any atom is 0.345 e. The number of nitro groups is 2. The van der Waals surface area contributed by atoms with E-state index in [1.807, 2.05) is 0 Å². The number of ether oxygens (including phenoxy) is 1. The number of rotatable bonds is 5. The Morgan fingerprint density at radius 3 is 2.44 bits per heavy atom. The third-order valence-electron chi connectivity index (χ3n) is 2.04. The Balaban J connectivity index is 3.19. The lowest BCUT2D eigenvalue weighted by molar-refractivity contribution is -0.389. The summed E-state index contributed by atoms with van der Waals surface area (Å²) in [5.74, 6) is -0.938. The predicted molar refractivity (Wildman–Crippen MR) is 60.3 cm³/mol. The summed E-state index contributed by atoms with van der Waals surface area (Å²) in [4.78, 5) is 31.3. The summed E-state index contributed by atoms with van der Waals surface area (Å²) in [5, 5.41) is 21.3. The monoisotopic (exact) mass is 254 g/mol. The molecule has 0 aliphatic heterocycles. The van der Waals surface area contributed by atoms with Crippen molar-refractivity contribution in [1.82, 2.24) is 0 Å². The highest BCUT2D eigenvalue weighted by atomic mass is 16.6. The average molecular weight is 254 g/mol. The molecule has 0 N–H and O–H groups in total. The van der Waals surface area contributed by atoms with Gasteiger partial charge in [-0.2, -0.15) is 0 Å². The largest absolute Gasteiger partial charge is 0.462 e. The highest BCUT2D eigenvalue weighted by molar-refractivity contribution is 5.94. The number of nitro benzene ring substituents is 2. The summed E-state index contributed by atoms with van der Waals surface area (Å²) in [7, 11) is 0. The zero-order chi connectivity index (χ0) is 13.7. The highest BCUT2D eigenvalue weighted by Crippen LogP contribution is 2.24. The van der Waals surface area contributed by atoms with Gasteiger partial charge in [-0.15, -0.1) is 0 Å². The van der Waals surface area contributed by atoms with E-state index in [4.69, 9.17) is 4.74 Å². The van der Waals surface area contributed by atoms with Crippen LogP contribution in [0.25, 0.3) is 0 Å². The van der Waals surface area contributed by atoms with E-state index in [1.54, 1.807) is 6.92 Å². The van der Waals surface area contributed by atoms with Crippen LogP contribution in [0, 0.1) is 20.2 Å². The van der Waals surface area contributed by atoms with E-state index in [-0.39, 0.29) is 6.61 Å². The second-order valence-corrected chi connectivity index (χ2v) is 3.35. The quantitative estimate of drug-likeness (QED) is 0.451. The van der Waals surface area contributed by atoms with Crippen molar-refractivity contribution < 1.29 is 19.4 Å². The molecular weight excluding hydrogens is 244 g/mol. The van der Waals surface area contributed by atoms with E-state index in [1.165, 1.54) is 0 Å². The number of hydrogen-bond donors (Lipinski definition) is 0. The number of esters is 1. The molecule has 0 unspecified atom stereocenters. The van der Waals surface area contributed by atoms with Crippen LogP contribution in [0.15, 0.2) is 18.2 Å². The fourth-order valence-electron chi connectivity index (χ4n) is 1.23. The smallest absolute Gasteiger partial charge is 0.345 e. The molecule has 8 nitrogen and oxygen atoms in total. The first-order valence-corrected chi connectivity index (χ1v) is 5.07.